The van der Waals surface area contributed by atoms with E-state index in [1.165, 1.54) is 26.4 Å². The molecule has 116 valence electrons. The highest BCUT2D eigenvalue weighted by Crippen LogP contribution is 2.21. The maximum atomic E-state index is 13.6. The zero-order valence-electron chi connectivity index (χ0n) is 12.2. The van der Waals surface area contributed by atoms with Crippen LogP contribution >= 0.6 is 0 Å². The van der Waals surface area contributed by atoms with Crippen LogP contribution in [0.5, 0.6) is 11.8 Å². The smallest absolute Gasteiger partial charge is 0.338 e. The number of methoxy groups -OCH3 is 2. The molecule has 2 aromatic rings. The number of carbonyl (C=O) groups is 1. The predicted molar refractivity (Wildman–Crippen MR) is 75.9 cm³/mol. The molecule has 0 amide bonds. The van der Waals surface area contributed by atoms with Crippen molar-refractivity contribution in [3.8, 4) is 11.8 Å². The molecule has 1 heterocycles. The average Bonchev–Trinajstić information content (AvgIpc) is 2.52. The van der Waals surface area contributed by atoms with Gasteiger partial charge in [0.1, 0.15) is 5.82 Å². The van der Waals surface area contributed by atoms with Crippen molar-refractivity contribution < 1.29 is 23.8 Å². The second kappa shape index (κ2) is 6.84. The number of nitrogens with zero attached hydrogens (tertiary/aromatic N) is 2. The second-order valence-electron chi connectivity index (χ2n) is 4.50. The molecule has 0 radical (unpaired) electrons. The minimum absolute atomic E-state index is 0.285. The van der Waals surface area contributed by atoms with Crippen LogP contribution < -0.4 is 9.47 Å². The molecule has 1 aromatic carbocycles. The molecular formula is C15H15FN2O4. The van der Waals surface area contributed by atoms with Crippen LogP contribution in [-0.2, 0) is 12.8 Å². The molecule has 0 aliphatic carbocycles. The Morgan fingerprint density at radius 3 is 2.55 bits per heavy atom. The fourth-order valence-electron chi connectivity index (χ4n) is 1.95. The summed E-state index contributed by atoms with van der Waals surface area (Å²) in [5.74, 6) is -1.45. The van der Waals surface area contributed by atoms with E-state index in [2.05, 4.69) is 9.97 Å². The van der Waals surface area contributed by atoms with E-state index in [1.54, 1.807) is 12.3 Å². The SMILES string of the molecule is COc1ncc(CCc2ccc(C(=O)O)c(F)c2)nc1OC. The Labute approximate surface area is 126 Å². The molecule has 0 bridgehead atoms. The van der Waals surface area contributed by atoms with Gasteiger partial charge in [-0.3, -0.25) is 0 Å². The molecule has 0 aliphatic rings. The number of aromatic carboxylic acids is 1. The standard InChI is InChI=1S/C15H15FN2O4/c1-21-13-14(22-2)18-10(8-17-13)5-3-9-4-6-11(15(19)20)12(16)7-9/h4,6-8H,3,5H2,1-2H3,(H,19,20). The summed E-state index contributed by atoms with van der Waals surface area (Å²) in [5, 5.41) is 8.79. The highest BCUT2D eigenvalue weighted by molar-refractivity contribution is 5.87. The molecule has 0 unspecified atom stereocenters. The Bertz CT molecular complexity index is 691. The van der Waals surface area contributed by atoms with E-state index in [1.807, 2.05) is 0 Å². The van der Waals surface area contributed by atoms with E-state index < -0.39 is 11.8 Å². The number of carboxylic acid groups (broad SMARTS) is 1. The molecule has 1 N–H and O–H groups in total. The Balaban J connectivity index is 2.10. The van der Waals surface area contributed by atoms with Crippen LogP contribution in [0.3, 0.4) is 0 Å². The van der Waals surface area contributed by atoms with Gasteiger partial charge in [0, 0.05) is 0 Å². The first-order valence-electron chi connectivity index (χ1n) is 6.50. The lowest BCUT2D eigenvalue weighted by atomic mass is 10.1. The van der Waals surface area contributed by atoms with Gasteiger partial charge in [-0.2, -0.15) is 0 Å². The first-order valence-corrected chi connectivity index (χ1v) is 6.50. The molecular weight excluding hydrogens is 291 g/mol. The van der Waals surface area contributed by atoms with Crippen molar-refractivity contribution in [3.05, 3.63) is 47.0 Å². The molecule has 0 saturated heterocycles. The highest BCUT2D eigenvalue weighted by atomic mass is 19.1. The number of aromatic nitrogens is 2. The normalized spacial score (nSPS) is 10.3. The molecule has 1 aromatic heterocycles. The average molecular weight is 306 g/mol. The largest absolute Gasteiger partial charge is 0.478 e. The number of carboxylic acids is 1. The van der Waals surface area contributed by atoms with E-state index in [9.17, 15) is 9.18 Å². The van der Waals surface area contributed by atoms with Crippen molar-refractivity contribution in [1.82, 2.24) is 9.97 Å². The van der Waals surface area contributed by atoms with E-state index >= 15 is 0 Å². The number of ether oxygens (including phenoxy) is 2. The number of hydrogen-bond acceptors (Lipinski definition) is 5. The number of benzene rings is 1. The lowest BCUT2D eigenvalue weighted by molar-refractivity contribution is 0.0692. The number of rotatable bonds is 6. The second-order valence-corrected chi connectivity index (χ2v) is 4.50. The third-order valence-electron chi connectivity index (χ3n) is 3.08. The van der Waals surface area contributed by atoms with Gasteiger partial charge in [0.25, 0.3) is 11.8 Å². The maximum absolute atomic E-state index is 13.6. The maximum Gasteiger partial charge on any atom is 0.338 e. The van der Waals surface area contributed by atoms with Crippen LogP contribution in [0, 0.1) is 5.82 Å². The number of aryl methyl sites for hydroxylation is 2. The Kier molecular flexibility index (Phi) is 4.88. The molecule has 0 fully saturated rings. The molecule has 0 saturated carbocycles. The summed E-state index contributed by atoms with van der Waals surface area (Å²) in [6.45, 7) is 0. The Morgan fingerprint density at radius 1 is 1.23 bits per heavy atom. The molecule has 2 rings (SSSR count). The van der Waals surface area contributed by atoms with E-state index in [-0.39, 0.29) is 11.4 Å². The van der Waals surface area contributed by atoms with Crippen molar-refractivity contribution >= 4 is 5.97 Å². The van der Waals surface area contributed by atoms with Crippen molar-refractivity contribution in [3.63, 3.8) is 0 Å². The van der Waals surface area contributed by atoms with Crippen LogP contribution in [0.1, 0.15) is 21.6 Å². The van der Waals surface area contributed by atoms with Gasteiger partial charge in [0.2, 0.25) is 0 Å². The Morgan fingerprint density at radius 2 is 1.95 bits per heavy atom. The molecule has 0 spiro atoms. The van der Waals surface area contributed by atoms with Crippen molar-refractivity contribution in [1.29, 1.82) is 0 Å². The van der Waals surface area contributed by atoms with Gasteiger partial charge in [-0.25, -0.2) is 19.2 Å². The van der Waals surface area contributed by atoms with Gasteiger partial charge < -0.3 is 14.6 Å². The lowest BCUT2D eigenvalue weighted by Crippen LogP contribution is -2.03. The quantitative estimate of drug-likeness (QED) is 0.880. The topological polar surface area (TPSA) is 81.5 Å². The lowest BCUT2D eigenvalue weighted by Gasteiger charge is -2.07. The van der Waals surface area contributed by atoms with Crippen LogP contribution in [-0.4, -0.2) is 35.3 Å². The minimum atomic E-state index is -1.28. The van der Waals surface area contributed by atoms with Gasteiger partial charge in [0.15, 0.2) is 0 Å². The molecule has 0 atom stereocenters. The van der Waals surface area contributed by atoms with Crippen molar-refractivity contribution in [2.45, 2.75) is 12.8 Å². The first kappa shape index (κ1) is 15.7. The summed E-state index contributed by atoms with van der Waals surface area (Å²) < 4.78 is 23.7. The van der Waals surface area contributed by atoms with Crippen LogP contribution in [0.4, 0.5) is 4.39 Å². The number of halogens is 1. The molecule has 6 nitrogen and oxygen atoms in total. The van der Waals surface area contributed by atoms with Crippen LogP contribution in [0.2, 0.25) is 0 Å². The minimum Gasteiger partial charge on any atom is -0.478 e. The van der Waals surface area contributed by atoms with Gasteiger partial charge in [-0.05, 0) is 30.5 Å². The van der Waals surface area contributed by atoms with Crippen LogP contribution in [0.25, 0.3) is 0 Å². The third kappa shape index (κ3) is 3.49. The van der Waals surface area contributed by atoms with E-state index in [0.717, 1.165) is 0 Å². The third-order valence-corrected chi connectivity index (χ3v) is 3.08. The predicted octanol–water partition coefficient (Wildman–Crippen LogP) is 2.12. The number of hydrogen-bond donors (Lipinski definition) is 1. The van der Waals surface area contributed by atoms with E-state index in [4.69, 9.17) is 14.6 Å². The highest BCUT2D eigenvalue weighted by Gasteiger charge is 2.11. The summed E-state index contributed by atoms with van der Waals surface area (Å²) in [6.07, 6.45) is 2.57. The zero-order valence-corrected chi connectivity index (χ0v) is 12.2. The van der Waals surface area contributed by atoms with Gasteiger partial charge in [-0.15, -0.1) is 0 Å². The van der Waals surface area contributed by atoms with Gasteiger partial charge >= 0.3 is 5.97 Å². The molecule has 7 heteroatoms. The summed E-state index contributed by atoms with van der Waals surface area (Å²) >= 11 is 0. The van der Waals surface area contributed by atoms with Crippen LogP contribution in [0.15, 0.2) is 24.4 Å². The van der Waals surface area contributed by atoms with Gasteiger partial charge in [0.05, 0.1) is 31.7 Å². The fraction of sp³-hybridized carbons (Fsp3) is 0.267. The van der Waals surface area contributed by atoms with E-state index in [0.29, 0.717) is 30.0 Å². The Hall–Kier alpha value is -2.70. The summed E-state index contributed by atoms with van der Waals surface area (Å²) in [7, 11) is 2.94. The zero-order chi connectivity index (χ0) is 16.1. The summed E-state index contributed by atoms with van der Waals surface area (Å²) in [6, 6.07) is 4.06. The molecule has 0 aliphatic heterocycles. The van der Waals surface area contributed by atoms with Crippen molar-refractivity contribution in [2.75, 3.05) is 14.2 Å². The first-order chi connectivity index (χ1) is 10.5. The summed E-state index contributed by atoms with van der Waals surface area (Å²) in [4.78, 5) is 19.1. The summed E-state index contributed by atoms with van der Waals surface area (Å²) in [5.41, 5.74) is 1.01. The monoisotopic (exact) mass is 306 g/mol. The fourth-order valence-corrected chi connectivity index (χ4v) is 1.95. The van der Waals surface area contributed by atoms with Gasteiger partial charge in [-0.1, -0.05) is 6.07 Å². The van der Waals surface area contributed by atoms with Crippen molar-refractivity contribution in [2.24, 2.45) is 0 Å². The molecule has 22 heavy (non-hydrogen) atoms.